The molecule has 0 fully saturated rings. The molecule has 1 amide bonds. The first kappa shape index (κ1) is 20.2. The molecule has 0 saturated heterocycles. The number of alkyl halides is 1. The number of aryl methyl sites for hydroxylation is 1. The van der Waals surface area contributed by atoms with Gasteiger partial charge in [0.1, 0.15) is 18.7 Å². The number of amides is 1. The maximum absolute atomic E-state index is 13.4. The summed E-state index contributed by atoms with van der Waals surface area (Å²) in [6.45, 7) is -0.924. The highest BCUT2D eigenvalue weighted by Crippen LogP contribution is 2.41. The van der Waals surface area contributed by atoms with Crippen molar-refractivity contribution < 1.29 is 19.1 Å². The number of carbonyl (C=O) groups is 2. The lowest BCUT2D eigenvalue weighted by Gasteiger charge is -2.25. The molecule has 3 aromatic rings. The third kappa shape index (κ3) is 3.21. The Hall–Kier alpha value is -4.08. The second-order valence-corrected chi connectivity index (χ2v) is 7.05. The second-order valence-electron chi connectivity index (χ2n) is 7.05. The zero-order chi connectivity index (χ0) is 22.2. The number of nitrogens with two attached hydrogens (primary N) is 1. The fourth-order valence-corrected chi connectivity index (χ4v) is 3.72. The van der Waals surface area contributed by atoms with Crippen LogP contribution in [0.4, 0.5) is 4.39 Å². The molecular weight excluding hydrogens is 403 g/mol. The van der Waals surface area contributed by atoms with Crippen LogP contribution < -0.4 is 5.73 Å². The molecule has 0 bridgehead atoms. The Kier molecular flexibility index (Phi) is 4.97. The van der Waals surface area contributed by atoms with Gasteiger partial charge in [-0.25, -0.2) is 24.1 Å². The molecule has 3 heterocycles. The van der Waals surface area contributed by atoms with Crippen LogP contribution in [0.25, 0.3) is 11.1 Å². The van der Waals surface area contributed by atoms with Gasteiger partial charge in [-0.2, -0.15) is 0 Å². The minimum Gasteiger partial charge on any atom is -0.477 e. The molecule has 0 aliphatic carbocycles. The summed E-state index contributed by atoms with van der Waals surface area (Å²) in [7, 11) is 1.49. The lowest BCUT2D eigenvalue weighted by Crippen LogP contribution is -2.41. The predicted molar refractivity (Wildman–Crippen MR) is 110 cm³/mol. The van der Waals surface area contributed by atoms with E-state index in [-0.39, 0.29) is 23.8 Å². The number of halogens is 1. The van der Waals surface area contributed by atoms with E-state index in [4.69, 9.17) is 5.73 Å². The number of carboxylic acids is 1. The van der Waals surface area contributed by atoms with E-state index >= 15 is 0 Å². The van der Waals surface area contributed by atoms with Crippen molar-refractivity contribution in [1.29, 1.82) is 0 Å². The molecule has 1 atom stereocenters. The fraction of sp³-hybridized carbons (Fsp3) is 0.190. The first-order chi connectivity index (χ1) is 14.9. The number of hydrogen-bond acceptors (Lipinski definition) is 6. The third-order valence-electron chi connectivity index (χ3n) is 5.27. The molecule has 158 valence electrons. The van der Waals surface area contributed by atoms with E-state index < -0.39 is 24.1 Å². The van der Waals surface area contributed by atoms with Crippen molar-refractivity contribution >= 4 is 17.8 Å². The molecule has 1 aromatic carbocycles. The normalized spacial score (nSPS) is 18.3. The van der Waals surface area contributed by atoms with E-state index in [1.807, 2.05) is 6.07 Å². The standard InChI is InChI=1S/C21H19FN6O3/c1-27-19(31)21(26-20(27)23,16-8-17(18(29)30)28(11-16)6-5-22)15-4-2-3-13(7-15)14-9-24-12-25-10-14/h2-4,7-12H,5-6H2,1H3,(H2,23,26)(H,29,30). The van der Waals surface area contributed by atoms with Gasteiger partial charge in [0.2, 0.25) is 0 Å². The molecule has 4 rings (SSSR count). The number of aliphatic imine (C=N–C) groups is 1. The molecule has 0 radical (unpaired) electrons. The van der Waals surface area contributed by atoms with Gasteiger partial charge in [-0.1, -0.05) is 18.2 Å². The predicted octanol–water partition coefficient (Wildman–Crippen LogP) is 1.64. The number of carboxylic acid groups (broad SMARTS) is 1. The van der Waals surface area contributed by atoms with Crippen LogP contribution in [-0.4, -0.2) is 56.1 Å². The molecule has 10 heteroatoms. The quantitative estimate of drug-likeness (QED) is 0.622. The van der Waals surface area contributed by atoms with Crippen LogP contribution in [0.2, 0.25) is 0 Å². The summed E-state index contributed by atoms with van der Waals surface area (Å²) < 4.78 is 14.3. The van der Waals surface area contributed by atoms with Gasteiger partial charge in [0.25, 0.3) is 5.91 Å². The van der Waals surface area contributed by atoms with Gasteiger partial charge in [-0.3, -0.25) is 9.69 Å². The van der Waals surface area contributed by atoms with E-state index in [1.165, 1.54) is 35.1 Å². The molecule has 0 spiro atoms. The average molecular weight is 422 g/mol. The molecule has 31 heavy (non-hydrogen) atoms. The summed E-state index contributed by atoms with van der Waals surface area (Å²) in [5, 5.41) is 9.55. The monoisotopic (exact) mass is 422 g/mol. The summed E-state index contributed by atoms with van der Waals surface area (Å²) in [4.78, 5) is 38.8. The zero-order valence-corrected chi connectivity index (χ0v) is 16.6. The number of likely N-dealkylation sites (N-methyl/N-ethyl adjacent to an activating group) is 1. The summed E-state index contributed by atoms with van der Waals surface area (Å²) in [6.07, 6.45) is 6.13. The van der Waals surface area contributed by atoms with Gasteiger partial charge in [-0.05, 0) is 23.3 Å². The summed E-state index contributed by atoms with van der Waals surface area (Å²) in [5.41, 5.74) is 6.49. The number of guanidine groups is 1. The molecular formula is C21H19FN6O3. The molecule has 1 unspecified atom stereocenters. The molecule has 0 saturated carbocycles. The number of benzene rings is 1. The molecule has 3 N–H and O–H groups in total. The van der Waals surface area contributed by atoms with E-state index in [0.29, 0.717) is 5.56 Å². The summed E-state index contributed by atoms with van der Waals surface area (Å²) in [5.74, 6) is -1.69. The smallest absolute Gasteiger partial charge is 0.352 e. The molecule has 9 nitrogen and oxygen atoms in total. The van der Waals surface area contributed by atoms with Gasteiger partial charge in [0, 0.05) is 36.8 Å². The number of nitrogens with zero attached hydrogens (tertiary/aromatic N) is 5. The fourth-order valence-electron chi connectivity index (χ4n) is 3.72. The van der Waals surface area contributed by atoms with E-state index in [1.54, 1.807) is 30.6 Å². The van der Waals surface area contributed by atoms with Crippen LogP contribution in [0.15, 0.2) is 60.2 Å². The lowest BCUT2D eigenvalue weighted by molar-refractivity contribution is -0.129. The third-order valence-corrected chi connectivity index (χ3v) is 5.27. The highest BCUT2D eigenvalue weighted by atomic mass is 19.1. The number of hydrogen-bond donors (Lipinski definition) is 2. The van der Waals surface area contributed by atoms with Crippen molar-refractivity contribution in [2.45, 2.75) is 12.1 Å². The topological polar surface area (TPSA) is 127 Å². The highest BCUT2D eigenvalue weighted by Gasteiger charge is 2.50. The van der Waals surface area contributed by atoms with Gasteiger partial charge in [0.15, 0.2) is 11.5 Å². The van der Waals surface area contributed by atoms with Crippen LogP contribution >= 0.6 is 0 Å². The van der Waals surface area contributed by atoms with Gasteiger partial charge in [-0.15, -0.1) is 0 Å². The lowest BCUT2D eigenvalue weighted by atomic mass is 9.83. The van der Waals surface area contributed by atoms with E-state index in [9.17, 15) is 19.1 Å². The van der Waals surface area contributed by atoms with Crippen molar-refractivity contribution in [3.63, 3.8) is 0 Å². The van der Waals surface area contributed by atoms with E-state index in [0.717, 1.165) is 11.1 Å². The number of carbonyl (C=O) groups excluding carboxylic acids is 1. The first-order valence-corrected chi connectivity index (χ1v) is 9.38. The van der Waals surface area contributed by atoms with Gasteiger partial charge >= 0.3 is 5.97 Å². The van der Waals surface area contributed by atoms with Crippen molar-refractivity contribution in [1.82, 2.24) is 19.4 Å². The summed E-state index contributed by atoms with van der Waals surface area (Å²) >= 11 is 0. The van der Waals surface area contributed by atoms with Crippen LogP contribution in [0.1, 0.15) is 21.6 Å². The SMILES string of the molecule is CN1C(=O)C(c2cccc(-c3cncnc3)c2)(c2cc(C(=O)O)n(CCF)c2)N=C1N. The summed E-state index contributed by atoms with van der Waals surface area (Å²) in [6, 6.07) is 8.41. The Morgan fingerprint density at radius 1 is 1.19 bits per heavy atom. The van der Waals surface area contributed by atoms with Crippen molar-refractivity contribution in [2.24, 2.45) is 10.7 Å². The average Bonchev–Trinajstić information content (AvgIpc) is 3.30. The Morgan fingerprint density at radius 2 is 1.94 bits per heavy atom. The first-order valence-electron chi connectivity index (χ1n) is 9.38. The Balaban J connectivity index is 1.95. The molecule has 1 aliphatic heterocycles. The minimum atomic E-state index is -1.60. The van der Waals surface area contributed by atoms with Crippen LogP contribution in [0, 0.1) is 0 Å². The maximum Gasteiger partial charge on any atom is 0.352 e. The van der Waals surface area contributed by atoms with E-state index in [2.05, 4.69) is 15.0 Å². The number of aromatic nitrogens is 3. The largest absolute Gasteiger partial charge is 0.477 e. The molecule has 2 aromatic heterocycles. The van der Waals surface area contributed by atoms with Crippen LogP contribution in [0.5, 0.6) is 0 Å². The number of aromatic carboxylic acids is 1. The van der Waals surface area contributed by atoms with Crippen LogP contribution in [-0.2, 0) is 16.9 Å². The van der Waals surface area contributed by atoms with Gasteiger partial charge < -0.3 is 15.4 Å². The Morgan fingerprint density at radius 3 is 2.55 bits per heavy atom. The maximum atomic E-state index is 13.4. The molecule has 1 aliphatic rings. The number of rotatable bonds is 6. The van der Waals surface area contributed by atoms with Crippen LogP contribution in [0.3, 0.4) is 0 Å². The Bertz CT molecular complexity index is 1190. The van der Waals surface area contributed by atoms with Crippen molar-refractivity contribution in [3.05, 3.63) is 72.1 Å². The minimum absolute atomic E-state index is 0.00596. The highest BCUT2D eigenvalue weighted by molar-refractivity contribution is 6.09. The van der Waals surface area contributed by atoms with Crippen molar-refractivity contribution in [3.8, 4) is 11.1 Å². The zero-order valence-electron chi connectivity index (χ0n) is 16.6. The Labute approximate surface area is 176 Å². The second kappa shape index (κ2) is 7.63. The van der Waals surface area contributed by atoms with Crippen molar-refractivity contribution in [2.75, 3.05) is 13.7 Å². The van der Waals surface area contributed by atoms with Gasteiger partial charge in [0.05, 0.1) is 6.54 Å².